The van der Waals surface area contributed by atoms with Gasteiger partial charge in [-0.1, -0.05) is 54.6 Å². The van der Waals surface area contributed by atoms with Gasteiger partial charge in [0.1, 0.15) is 0 Å². The number of carbonyl (C=O) groups excluding carboxylic acids is 1. The summed E-state index contributed by atoms with van der Waals surface area (Å²) in [4.78, 5) is 22.2. The van der Waals surface area contributed by atoms with Crippen LogP contribution in [0.1, 0.15) is 37.0 Å². The van der Waals surface area contributed by atoms with Crippen LogP contribution in [-0.2, 0) is 24.4 Å². The molecular formula is C33H39N5O. The van der Waals surface area contributed by atoms with Gasteiger partial charge in [-0.05, 0) is 72.0 Å². The van der Waals surface area contributed by atoms with E-state index >= 15 is 0 Å². The summed E-state index contributed by atoms with van der Waals surface area (Å²) < 4.78 is 0. The molecule has 1 aliphatic rings. The molecular weight excluding hydrogens is 482 g/mol. The molecule has 1 amide bonds. The fourth-order valence-electron chi connectivity index (χ4n) is 5.55. The van der Waals surface area contributed by atoms with E-state index in [2.05, 4.69) is 106 Å². The van der Waals surface area contributed by atoms with Crippen molar-refractivity contribution in [3.8, 4) is 0 Å². The van der Waals surface area contributed by atoms with Crippen molar-refractivity contribution in [2.24, 2.45) is 0 Å². The number of aromatic nitrogens is 1. The summed E-state index contributed by atoms with van der Waals surface area (Å²) in [6, 6.07) is 27.8. The number of pyridine rings is 1. The van der Waals surface area contributed by atoms with Gasteiger partial charge in [0.15, 0.2) is 0 Å². The SMILES string of the molecule is CCN(CC)c1ccc(CN2C[C@@H](NCc3ccc4ccccc4c3)C[C@H]2C(=O)NCc2cccnc2)cc1. The van der Waals surface area contributed by atoms with Gasteiger partial charge in [0.2, 0.25) is 5.91 Å². The van der Waals surface area contributed by atoms with Crippen molar-refractivity contribution in [1.29, 1.82) is 0 Å². The molecule has 0 aliphatic carbocycles. The Kier molecular flexibility index (Phi) is 8.86. The third-order valence-corrected chi connectivity index (χ3v) is 7.75. The predicted octanol–water partition coefficient (Wildman–Crippen LogP) is 5.13. The number of nitrogens with zero attached hydrogens (tertiary/aromatic N) is 3. The summed E-state index contributed by atoms with van der Waals surface area (Å²) in [5.74, 6) is 0.0774. The van der Waals surface area contributed by atoms with Crippen LogP contribution in [0.15, 0.2) is 91.3 Å². The highest BCUT2D eigenvalue weighted by Crippen LogP contribution is 2.24. The minimum atomic E-state index is -0.182. The summed E-state index contributed by atoms with van der Waals surface area (Å²) in [6.07, 6.45) is 4.34. The maximum atomic E-state index is 13.4. The maximum absolute atomic E-state index is 13.4. The van der Waals surface area contributed by atoms with Crippen molar-refractivity contribution in [1.82, 2.24) is 20.5 Å². The van der Waals surface area contributed by atoms with E-state index in [1.165, 1.54) is 27.6 Å². The molecule has 6 heteroatoms. The summed E-state index contributed by atoms with van der Waals surface area (Å²) >= 11 is 0. The third-order valence-electron chi connectivity index (χ3n) is 7.75. The monoisotopic (exact) mass is 521 g/mol. The highest BCUT2D eigenvalue weighted by atomic mass is 16.2. The minimum Gasteiger partial charge on any atom is -0.372 e. The van der Waals surface area contributed by atoms with Crippen LogP contribution in [0.4, 0.5) is 5.69 Å². The third kappa shape index (κ3) is 6.83. The van der Waals surface area contributed by atoms with E-state index in [1.54, 1.807) is 12.4 Å². The number of benzene rings is 3. The molecule has 2 atom stereocenters. The van der Waals surface area contributed by atoms with Gasteiger partial charge in [-0.3, -0.25) is 14.7 Å². The Morgan fingerprint density at radius 3 is 2.41 bits per heavy atom. The van der Waals surface area contributed by atoms with E-state index in [0.29, 0.717) is 6.54 Å². The topological polar surface area (TPSA) is 60.5 Å². The highest BCUT2D eigenvalue weighted by molar-refractivity contribution is 5.83. The van der Waals surface area contributed by atoms with Crippen LogP contribution in [0.25, 0.3) is 10.8 Å². The van der Waals surface area contributed by atoms with Gasteiger partial charge in [0.05, 0.1) is 6.04 Å². The molecule has 0 saturated carbocycles. The molecule has 5 rings (SSSR count). The van der Waals surface area contributed by atoms with E-state index in [9.17, 15) is 4.79 Å². The van der Waals surface area contributed by atoms with Crippen molar-refractivity contribution < 1.29 is 4.79 Å². The molecule has 1 aromatic heterocycles. The fraction of sp³-hybridized carbons (Fsp3) is 0.333. The second kappa shape index (κ2) is 12.9. The molecule has 2 N–H and O–H groups in total. The van der Waals surface area contributed by atoms with Crippen LogP contribution >= 0.6 is 0 Å². The first kappa shape index (κ1) is 26.9. The number of rotatable bonds is 11. The van der Waals surface area contributed by atoms with E-state index in [0.717, 1.165) is 44.7 Å². The van der Waals surface area contributed by atoms with E-state index in [4.69, 9.17) is 0 Å². The van der Waals surface area contributed by atoms with Gasteiger partial charge < -0.3 is 15.5 Å². The lowest BCUT2D eigenvalue weighted by molar-refractivity contribution is -0.125. The molecule has 2 heterocycles. The second-order valence-electron chi connectivity index (χ2n) is 10.4. The number of nitrogens with one attached hydrogen (secondary N) is 2. The molecule has 39 heavy (non-hydrogen) atoms. The Bertz CT molecular complexity index is 1350. The van der Waals surface area contributed by atoms with E-state index in [-0.39, 0.29) is 18.0 Å². The van der Waals surface area contributed by atoms with Crippen LogP contribution in [0, 0.1) is 0 Å². The van der Waals surface area contributed by atoms with Gasteiger partial charge in [0.25, 0.3) is 0 Å². The molecule has 1 fully saturated rings. The van der Waals surface area contributed by atoms with Crippen LogP contribution in [0.5, 0.6) is 0 Å². The zero-order chi connectivity index (χ0) is 27.0. The number of anilines is 1. The zero-order valence-electron chi connectivity index (χ0n) is 23.0. The lowest BCUT2D eigenvalue weighted by Crippen LogP contribution is -2.42. The van der Waals surface area contributed by atoms with Gasteiger partial charge in [-0.2, -0.15) is 0 Å². The first-order valence-electron chi connectivity index (χ1n) is 14.1. The Hall–Kier alpha value is -3.74. The molecule has 3 aromatic carbocycles. The molecule has 0 bridgehead atoms. The normalized spacial score (nSPS) is 17.4. The first-order chi connectivity index (χ1) is 19.1. The second-order valence-corrected chi connectivity index (χ2v) is 10.4. The lowest BCUT2D eigenvalue weighted by Gasteiger charge is -2.25. The number of amides is 1. The Balaban J connectivity index is 1.26. The van der Waals surface area contributed by atoms with Crippen molar-refractivity contribution in [2.75, 3.05) is 24.5 Å². The van der Waals surface area contributed by atoms with E-state index < -0.39 is 0 Å². The minimum absolute atomic E-state index is 0.0774. The highest BCUT2D eigenvalue weighted by Gasteiger charge is 2.36. The molecule has 0 spiro atoms. The van der Waals surface area contributed by atoms with Crippen LogP contribution in [-0.4, -0.2) is 47.5 Å². The van der Waals surface area contributed by atoms with Crippen molar-refractivity contribution in [3.63, 3.8) is 0 Å². The van der Waals surface area contributed by atoms with Crippen molar-refractivity contribution in [3.05, 3.63) is 108 Å². The molecule has 0 radical (unpaired) electrons. The van der Waals surface area contributed by atoms with Crippen molar-refractivity contribution in [2.45, 2.75) is 52.0 Å². The summed E-state index contributed by atoms with van der Waals surface area (Å²) in [7, 11) is 0. The average Bonchev–Trinajstić information content (AvgIpc) is 3.39. The first-order valence-corrected chi connectivity index (χ1v) is 14.1. The van der Waals surface area contributed by atoms with Crippen molar-refractivity contribution >= 4 is 22.4 Å². The number of fused-ring (bicyclic) bond motifs is 1. The predicted molar refractivity (Wildman–Crippen MR) is 159 cm³/mol. The summed E-state index contributed by atoms with van der Waals surface area (Å²) in [5, 5.41) is 9.40. The van der Waals surface area contributed by atoms with Gasteiger partial charge in [0, 0.05) is 63.4 Å². The Labute approximate surface area is 232 Å². The molecule has 0 unspecified atom stereocenters. The average molecular weight is 522 g/mol. The van der Waals surface area contributed by atoms with Gasteiger partial charge in [-0.25, -0.2) is 0 Å². The maximum Gasteiger partial charge on any atom is 0.237 e. The van der Waals surface area contributed by atoms with Gasteiger partial charge in [-0.15, -0.1) is 0 Å². The van der Waals surface area contributed by atoms with Crippen LogP contribution < -0.4 is 15.5 Å². The number of carbonyl (C=O) groups is 1. The van der Waals surface area contributed by atoms with Gasteiger partial charge >= 0.3 is 0 Å². The van der Waals surface area contributed by atoms with Crippen LogP contribution in [0.2, 0.25) is 0 Å². The summed E-state index contributed by atoms with van der Waals surface area (Å²) in [6.45, 7) is 9.20. The standard InChI is InChI=1S/C33H39N5O/c1-3-37(4-2)31-15-12-25(13-16-31)23-38-24-30(19-32(38)33(39)36-22-27-8-7-17-34-20-27)35-21-26-11-14-28-9-5-6-10-29(28)18-26/h5-18,20,30,32,35H,3-4,19,21-24H2,1-2H3,(H,36,39)/t30-,32-/m0/s1. The smallest absolute Gasteiger partial charge is 0.237 e. The van der Waals surface area contributed by atoms with E-state index in [1.807, 2.05) is 12.1 Å². The molecule has 1 saturated heterocycles. The quantitative estimate of drug-likeness (QED) is 0.287. The fourth-order valence-corrected chi connectivity index (χ4v) is 5.55. The Morgan fingerprint density at radius 1 is 0.897 bits per heavy atom. The zero-order valence-corrected chi connectivity index (χ0v) is 23.0. The number of likely N-dealkylation sites (tertiary alicyclic amines) is 1. The molecule has 202 valence electrons. The summed E-state index contributed by atoms with van der Waals surface area (Å²) in [5.41, 5.74) is 4.74. The number of hydrogen-bond donors (Lipinski definition) is 2. The Morgan fingerprint density at radius 2 is 1.67 bits per heavy atom. The van der Waals surface area contributed by atoms with Crippen LogP contribution in [0.3, 0.4) is 0 Å². The molecule has 6 nitrogen and oxygen atoms in total. The largest absolute Gasteiger partial charge is 0.372 e. The molecule has 1 aliphatic heterocycles. The lowest BCUT2D eigenvalue weighted by atomic mass is 10.1. The molecule has 4 aromatic rings. The number of hydrogen-bond acceptors (Lipinski definition) is 5.